The number of phenolic OH excluding ortho intramolecular Hbond substituents is 2. The molecule has 0 saturated heterocycles. The predicted octanol–water partition coefficient (Wildman–Crippen LogP) is 4.80. The van der Waals surface area contributed by atoms with Crippen molar-refractivity contribution in [2.45, 2.75) is 38.0 Å². The van der Waals surface area contributed by atoms with Crippen molar-refractivity contribution < 1.29 is 10.2 Å². The van der Waals surface area contributed by atoms with E-state index >= 15 is 0 Å². The molecule has 114 valence electrons. The highest BCUT2D eigenvalue weighted by Crippen LogP contribution is 2.44. The van der Waals surface area contributed by atoms with Gasteiger partial charge in [-0.15, -0.1) is 0 Å². The van der Waals surface area contributed by atoms with Crippen LogP contribution >= 0.6 is 0 Å². The monoisotopic (exact) mass is 294 g/mol. The van der Waals surface area contributed by atoms with Crippen molar-refractivity contribution in [1.82, 2.24) is 0 Å². The van der Waals surface area contributed by atoms with Gasteiger partial charge in [-0.25, -0.2) is 0 Å². The van der Waals surface area contributed by atoms with Crippen LogP contribution in [-0.2, 0) is 11.8 Å². The Labute approximate surface area is 131 Å². The Morgan fingerprint density at radius 2 is 1.95 bits per heavy atom. The molecule has 2 N–H and O–H groups in total. The molecule has 1 unspecified atom stereocenters. The van der Waals surface area contributed by atoms with Gasteiger partial charge in [0.25, 0.3) is 0 Å². The number of para-hydroxylation sites is 1. The minimum Gasteiger partial charge on any atom is -0.508 e. The lowest BCUT2D eigenvalue weighted by Crippen LogP contribution is -2.27. The van der Waals surface area contributed by atoms with E-state index in [2.05, 4.69) is 13.5 Å². The SMILES string of the molecule is C=C(CC1(C)CCCc2cc(O)ccc21)c1ccccc1O. The summed E-state index contributed by atoms with van der Waals surface area (Å²) in [5.74, 6) is 0.625. The van der Waals surface area contributed by atoms with E-state index in [1.165, 1.54) is 11.1 Å². The lowest BCUT2D eigenvalue weighted by Gasteiger charge is -2.37. The van der Waals surface area contributed by atoms with Gasteiger partial charge in [-0.3, -0.25) is 0 Å². The molecule has 2 nitrogen and oxygen atoms in total. The number of aryl methyl sites for hydroxylation is 1. The highest BCUT2D eigenvalue weighted by atomic mass is 16.3. The number of aromatic hydroxyl groups is 2. The molecule has 0 fully saturated rings. The maximum atomic E-state index is 10.0. The number of allylic oxidation sites excluding steroid dienone is 1. The van der Waals surface area contributed by atoms with Gasteiger partial charge in [0.05, 0.1) is 0 Å². The van der Waals surface area contributed by atoms with Gasteiger partial charge < -0.3 is 10.2 Å². The third-order valence-corrected chi connectivity index (χ3v) is 4.80. The summed E-state index contributed by atoms with van der Waals surface area (Å²) in [6.07, 6.45) is 4.03. The molecule has 0 heterocycles. The van der Waals surface area contributed by atoms with E-state index in [0.717, 1.165) is 36.8 Å². The van der Waals surface area contributed by atoms with Crippen molar-refractivity contribution in [3.63, 3.8) is 0 Å². The van der Waals surface area contributed by atoms with Crippen molar-refractivity contribution in [3.8, 4) is 11.5 Å². The lowest BCUT2D eigenvalue weighted by atomic mass is 9.67. The van der Waals surface area contributed by atoms with Crippen LogP contribution in [0.4, 0.5) is 0 Å². The number of rotatable bonds is 3. The second kappa shape index (κ2) is 5.53. The van der Waals surface area contributed by atoms with Crippen molar-refractivity contribution in [3.05, 3.63) is 65.7 Å². The van der Waals surface area contributed by atoms with Crippen LogP contribution < -0.4 is 0 Å². The lowest BCUT2D eigenvalue weighted by molar-refractivity contribution is 0.399. The molecule has 22 heavy (non-hydrogen) atoms. The first-order chi connectivity index (χ1) is 10.5. The maximum absolute atomic E-state index is 10.0. The molecule has 0 saturated carbocycles. The molecule has 0 spiro atoms. The largest absolute Gasteiger partial charge is 0.508 e. The molecule has 3 rings (SSSR count). The Kier molecular flexibility index (Phi) is 3.69. The summed E-state index contributed by atoms with van der Waals surface area (Å²) in [7, 11) is 0. The van der Waals surface area contributed by atoms with E-state index in [1.54, 1.807) is 12.1 Å². The summed E-state index contributed by atoms with van der Waals surface area (Å²) < 4.78 is 0. The van der Waals surface area contributed by atoms with Gasteiger partial charge in [-0.2, -0.15) is 0 Å². The number of fused-ring (bicyclic) bond motifs is 1. The van der Waals surface area contributed by atoms with Gasteiger partial charge in [-0.05, 0) is 66.0 Å². The van der Waals surface area contributed by atoms with Crippen molar-refractivity contribution >= 4 is 5.57 Å². The molecule has 2 heteroatoms. The number of phenols is 2. The third-order valence-electron chi connectivity index (χ3n) is 4.80. The molecule has 0 aliphatic heterocycles. The van der Waals surface area contributed by atoms with Crippen LogP contribution in [0.15, 0.2) is 49.0 Å². The van der Waals surface area contributed by atoms with Gasteiger partial charge in [0.1, 0.15) is 11.5 Å². The average molecular weight is 294 g/mol. The van der Waals surface area contributed by atoms with Crippen molar-refractivity contribution in [2.75, 3.05) is 0 Å². The summed E-state index contributed by atoms with van der Waals surface area (Å²) >= 11 is 0. The summed E-state index contributed by atoms with van der Waals surface area (Å²) in [4.78, 5) is 0. The molecule has 1 atom stereocenters. The minimum absolute atomic E-state index is 0.000643. The third kappa shape index (κ3) is 2.61. The Balaban J connectivity index is 1.93. The van der Waals surface area contributed by atoms with Gasteiger partial charge in [0.15, 0.2) is 0 Å². The Hall–Kier alpha value is -2.22. The molecule has 1 aliphatic carbocycles. The zero-order chi connectivity index (χ0) is 15.7. The van der Waals surface area contributed by atoms with Crippen LogP contribution in [0.25, 0.3) is 5.57 Å². The standard InChI is InChI=1S/C20H22O2/c1-14(17-7-3-4-8-19(17)22)13-20(2)11-5-6-15-12-16(21)9-10-18(15)20/h3-4,7-10,12,21-22H,1,5-6,11,13H2,2H3. The molecule has 0 amide bonds. The normalized spacial score (nSPS) is 20.4. The van der Waals surface area contributed by atoms with Gasteiger partial charge in [0, 0.05) is 5.56 Å². The molecular weight excluding hydrogens is 272 g/mol. The quantitative estimate of drug-likeness (QED) is 0.854. The highest BCUT2D eigenvalue weighted by molar-refractivity contribution is 5.69. The van der Waals surface area contributed by atoms with Crippen LogP contribution in [0.5, 0.6) is 11.5 Å². The van der Waals surface area contributed by atoms with E-state index in [0.29, 0.717) is 5.75 Å². The maximum Gasteiger partial charge on any atom is 0.123 e. The summed E-state index contributed by atoms with van der Waals surface area (Å²) in [6.45, 7) is 6.46. The Morgan fingerprint density at radius 1 is 1.18 bits per heavy atom. The zero-order valence-electron chi connectivity index (χ0n) is 13.0. The highest BCUT2D eigenvalue weighted by Gasteiger charge is 2.33. The van der Waals surface area contributed by atoms with Crippen LogP contribution in [0, 0.1) is 0 Å². The minimum atomic E-state index is 0.000643. The van der Waals surface area contributed by atoms with E-state index in [-0.39, 0.29) is 11.2 Å². The smallest absolute Gasteiger partial charge is 0.123 e. The van der Waals surface area contributed by atoms with E-state index < -0.39 is 0 Å². The van der Waals surface area contributed by atoms with Gasteiger partial charge >= 0.3 is 0 Å². The predicted molar refractivity (Wildman–Crippen MR) is 90.2 cm³/mol. The summed E-state index contributed by atoms with van der Waals surface area (Å²) in [5, 5.41) is 19.7. The molecule has 0 aromatic heterocycles. The number of hydrogen-bond donors (Lipinski definition) is 2. The van der Waals surface area contributed by atoms with E-state index in [9.17, 15) is 10.2 Å². The van der Waals surface area contributed by atoms with Crippen LogP contribution in [0.3, 0.4) is 0 Å². The second-order valence-electron chi connectivity index (χ2n) is 6.55. The average Bonchev–Trinajstić information content (AvgIpc) is 2.47. The number of benzene rings is 2. The topological polar surface area (TPSA) is 40.5 Å². The van der Waals surface area contributed by atoms with Crippen LogP contribution in [0.2, 0.25) is 0 Å². The first kappa shape index (κ1) is 14.7. The van der Waals surface area contributed by atoms with Gasteiger partial charge in [0.2, 0.25) is 0 Å². The zero-order valence-corrected chi connectivity index (χ0v) is 13.0. The van der Waals surface area contributed by atoms with Crippen molar-refractivity contribution in [1.29, 1.82) is 0 Å². The summed E-state index contributed by atoms with van der Waals surface area (Å²) in [5.41, 5.74) is 4.32. The van der Waals surface area contributed by atoms with Crippen LogP contribution in [-0.4, -0.2) is 10.2 Å². The fourth-order valence-corrected chi connectivity index (χ4v) is 3.70. The summed E-state index contributed by atoms with van der Waals surface area (Å²) in [6, 6.07) is 13.1. The van der Waals surface area contributed by atoms with Crippen LogP contribution in [0.1, 0.15) is 42.9 Å². The molecular formula is C20H22O2. The molecule has 2 aromatic rings. The number of hydrogen-bond acceptors (Lipinski definition) is 2. The fraction of sp³-hybridized carbons (Fsp3) is 0.300. The van der Waals surface area contributed by atoms with Crippen molar-refractivity contribution in [2.24, 2.45) is 0 Å². The Morgan fingerprint density at radius 3 is 2.73 bits per heavy atom. The first-order valence-electron chi connectivity index (χ1n) is 7.78. The first-order valence-corrected chi connectivity index (χ1v) is 7.78. The second-order valence-corrected chi connectivity index (χ2v) is 6.55. The van der Waals surface area contributed by atoms with Gasteiger partial charge in [-0.1, -0.05) is 37.8 Å². The molecule has 1 aliphatic rings. The Bertz CT molecular complexity index is 717. The molecule has 2 aromatic carbocycles. The molecule has 0 bridgehead atoms. The van der Waals surface area contributed by atoms with E-state index in [1.807, 2.05) is 30.3 Å². The van der Waals surface area contributed by atoms with E-state index in [4.69, 9.17) is 0 Å². The fourth-order valence-electron chi connectivity index (χ4n) is 3.70. The molecule has 0 radical (unpaired) electrons.